The molecule has 0 saturated carbocycles. The lowest BCUT2D eigenvalue weighted by molar-refractivity contribution is -0.137. The number of ether oxygens (including phenoxy) is 2. The van der Waals surface area contributed by atoms with E-state index >= 15 is 0 Å². The number of halogens is 3. The van der Waals surface area contributed by atoms with Gasteiger partial charge in [0.25, 0.3) is 0 Å². The quantitative estimate of drug-likeness (QED) is 0.713. The van der Waals surface area contributed by atoms with Crippen molar-refractivity contribution in [2.24, 2.45) is 0 Å². The summed E-state index contributed by atoms with van der Waals surface area (Å²) in [6.07, 6.45) is -3.55. The van der Waals surface area contributed by atoms with E-state index in [9.17, 15) is 18.0 Å². The highest BCUT2D eigenvalue weighted by molar-refractivity contribution is 5.94. The van der Waals surface area contributed by atoms with Gasteiger partial charge in [0.1, 0.15) is 5.75 Å². The van der Waals surface area contributed by atoms with Gasteiger partial charge in [-0.25, -0.2) is 0 Å². The van der Waals surface area contributed by atoms with E-state index in [2.05, 4.69) is 12.2 Å². The van der Waals surface area contributed by atoms with Crippen LogP contribution in [-0.4, -0.2) is 38.8 Å². The van der Waals surface area contributed by atoms with Crippen LogP contribution in [0, 0.1) is 0 Å². The van der Waals surface area contributed by atoms with Crippen LogP contribution in [0.15, 0.2) is 42.5 Å². The number of hydrogen-bond acceptors (Lipinski definition) is 4. The molecule has 0 aromatic heterocycles. The first-order valence-corrected chi connectivity index (χ1v) is 9.92. The van der Waals surface area contributed by atoms with Gasteiger partial charge in [0.2, 0.25) is 5.91 Å². The zero-order chi connectivity index (χ0) is 21.6. The van der Waals surface area contributed by atoms with Gasteiger partial charge in [-0.2, -0.15) is 13.2 Å². The molecular weight excluding hydrogens is 397 g/mol. The molecule has 1 heterocycles. The zero-order valence-electron chi connectivity index (χ0n) is 16.8. The van der Waals surface area contributed by atoms with Crippen molar-refractivity contribution < 1.29 is 27.4 Å². The first kappa shape index (κ1) is 22.0. The molecule has 30 heavy (non-hydrogen) atoms. The van der Waals surface area contributed by atoms with Crippen LogP contribution in [0.25, 0.3) is 0 Å². The predicted molar refractivity (Wildman–Crippen MR) is 109 cm³/mol. The Morgan fingerprint density at radius 1 is 1.13 bits per heavy atom. The second-order valence-corrected chi connectivity index (χ2v) is 6.97. The number of hydrogen-bond donors (Lipinski definition) is 1. The van der Waals surface area contributed by atoms with Crippen molar-refractivity contribution in [1.29, 1.82) is 0 Å². The molecule has 1 fully saturated rings. The largest absolute Gasteiger partial charge is 0.493 e. The smallest absolute Gasteiger partial charge is 0.416 e. The molecule has 2 aromatic carbocycles. The van der Waals surface area contributed by atoms with E-state index in [1.165, 1.54) is 11.6 Å². The number of aryl methyl sites for hydroxylation is 1. The summed E-state index contributed by atoms with van der Waals surface area (Å²) in [6, 6.07) is 11.0. The molecule has 5 nitrogen and oxygen atoms in total. The number of alkyl halides is 3. The van der Waals surface area contributed by atoms with Gasteiger partial charge in [-0.15, -0.1) is 0 Å². The third-order valence-corrected chi connectivity index (χ3v) is 4.88. The third-order valence-electron chi connectivity index (χ3n) is 4.88. The van der Waals surface area contributed by atoms with Gasteiger partial charge < -0.3 is 19.7 Å². The average Bonchev–Trinajstić information content (AvgIpc) is 2.74. The van der Waals surface area contributed by atoms with Crippen molar-refractivity contribution in [2.75, 3.05) is 43.1 Å². The molecule has 0 aliphatic carbocycles. The van der Waals surface area contributed by atoms with Gasteiger partial charge in [-0.3, -0.25) is 4.79 Å². The molecule has 0 unspecified atom stereocenters. The fourth-order valence-electron chi connectivity index (χ4n) is 3.19. The first-order valence-electron chi connectivity index (χ1n) is 9.92. The van der Waals surface area contributed by atoms with Crippen molar-refractivity contribution in [3.05, 3.63) is 53.6 Å². The molecule has 162 valence electrons. The first-order chi connectivity index (χ1) is 14.4. The van der Waals surface area contributed by atoms with Crippen LogP contribution in [0.4, 0.5) is 24.5 Å². The Morgan fingerprint density at radius 2 is 1.83 bits per heavy atom. The SMILES string of the molecule is CCc1ccc(OCCC(=O)Nc2cc(C(F)(F)F)ccc2N2CCOCC2)cc1. The minimum atomic E-state index is -4.49. The normalized spacial score (nSPS) is 14.5. The molecular formula is C22H25F3N2O3. The Bertz CT molecular complexity index is 848. The number of nitrogens with zero attached hydrogens (tertiary/aromatic N) is 1. The lowest BCUT2D eigenvalue weighted by Gasteiger charge is -2.31. The fraction of sp³-hybridized carbons (Fsp3) is 0.409. The Kier molecular flexibility index (Phi) is 7.20. The molecule has 0 bridgehead atoms. The highest BCUT2D eigenvalue weighted by atomic mass is 19.4. The van der Waals surface area contributed by atoms with Crippen LogP contribution in [0.5, 0.6) is 5.75 Å². The number of rotatable bonds is 7. The third kappa shape index (κ3) is 5.89. The molecule has 3 rings (SSSR count). The van der Waals surface area contributed by atoms with E-state index in [0.717, 1.165) is 18.6 Å². The summed E-state index contributed by atoms with van der Waals surface area (Å²) in [5.41, 5.74) is 1.07. The summed E-state index contributed by atoms with van der Waals surface area (Å²) in [4.78, 5) is 14.3. The van der Waals surface area contributed by atoms with Crippen LogP contribution in [-0.2, 0) is 22.1 Å². The van der Waals surface area contributed by atoms with Crippen LogP contribution in [0.3, 0.4) is 0 Å². The molecule has 1 aliphatic rings. The maximum Gasteiger partial charge on any atom is 0.416 e. The minimum Gasteiger partial charge on any atom is -0.493 e. The summed E-state index contributed by atoms with van der Waals surface area (Å²) >= 11 is 0. The highest BCUT2D eigenvalue weighted by Crippen LogP contribution is 2.35. The summed E-state index contributed by atoms with van der Waals surface area (Å²) in [6.45, 7) is 4.25. The molecule has 1 N–H and O–H groups in total. The van der Waals surface area contributed by atoms with E-state index in [4.69, 9.17) is 9.47 Å². The van der Waals surface area contributed by atoms with Crippen molar-refractivity contribution in [2.45, 2.75) is 25.9 Å². The van der Waals surface area contributed by atoms with Gasteiger partial charge in [0.15, 0.2) is 0 Å². The van der Waals surface area contributed by atoms with Crippen molar-refractivity contribution in [3.8, 4) is 5.75 Å². The maximum atomic E-state index is 13.2. The van der Waals surface area contributed by atoms with Crippen molar-refractivity contribution in [1.82, 2.24) is 0 Å². The number of carbonyl (C=O) groups excluding carboxylic acids is 1. The van der Waals surface area contributed by atoms with Gasteiger partial charge in [0, 0.05) is 13.1 Å². The van der Waals surface area contributed by atoms with Crippen LogP contribution >= 0.6 is 0 Å². The maximum absolute atomic E-state index is 13.2. The van der Waals surface area contributed by atoms with E-state index in [1.54, 1.807) is 0 Å². The number of benzene rings is 2. The van der Waals surface area contributed by atoms with Gasteiger partial charge in [-0.1, -0.05) is 19.1 Å². The number of nitrogens with one attached hydrogen (secondary N) is 1. The molecule has 0 spiro atoms. The topological polar surface area (TPSA) is 50.8 Å². The van der Waals surface area contributed by atoms with E-state index in [-0.39, 0.29) is 18.7 Å². The minimum absolute atomic E-state index is 0.0221. The molecule has 8 heteroatoms. The highest BCUT2D eigenvalue weighted by Gasteiger charge is 2.31. The van der Waals surface area contributed by atoms with Crippen molar-refractivity contribution >= 4 is 17.3 Å². The van der Waals surface area contributed by atoms with Crippen molar-refractivity contribution in [3.63, 3.8) is 0 Å². The summed E-state index contributed by atoms with van der Waals surface area (Å²) < 4.78 is 50.3. The van der Waals surface area contributed by atoms with E-state index in [0.29, 0.717) is 37.7 Å². The molecule has 2 aromatic rings. The Balaban J connectivity index is 1.65. The fourth-order valence-corrected chi connectivity index (χ4v) is 3.19. The number of carbonyl (C=O) groups is 1. The van der Waals surface area contributed by atoms with E-state index < -0.39 is 17.6 Å². The standard InChI is InChI=1S/C22H25F3N2O3/c1-2-16-3-6-18(7-4-16)30-12-9-21(28)26-19-15-17(22(23,24)25)5-8-20(19)27-10-13-29-14-11-27/h3-8,15H,2,9-14H2,1H3,(H,26,28). The molecule has 1 saturated heterocycles. The zero-order valence-corrected chi connectivity index (χ0v) is 16.8. The van der Waals surface area contributed by atoms with Gasteiger partial charge in [-0.05, 0) is 42.3 Å². The Labute approximate surface area is 173 Å². The molecule has 0 radical (unpaired) electrons. The van der Waals surface area contributed by atoms with Crippen LogP contribution in [0.1, 0.15) is 24.5 Å². The summed E-state index contributed by atoms with van der Waals surface area (Å²) in [7, 11) is 0. The Hall–Kier alpha value is -2.74. The van der Waals surface area contributed by atoms with E-state index in [1.807, 2.05) is 29.2 Å². The molecule has 0 atom stereocenters. The predicted octanol–water partition coefficient (Wildman–Crippen LogP) is 4.51. The van der Waals surface area contributed by atoms with Crippen LogP contribution in [0.2, 0.25) is 0 Å². The lowest BCUT2D eigenvalue weighted by atomic mass is 10.1. The number of amides is 1. The van der Waals surface area contributed by atoms with Gasteiger partial charge in [0.05, 0.1) is 43.2 Å². The molecule has 1 amide bonds. The summed E-state index contributed by atoms with van der Waals surface area (Å²) in [5, 5.41) is 2.62. The molecule has 1 aliphatic heterocycles. The van der Waals surface area contributed by atoms with Crippen LogP contribution < -0.4 is 15.0 Å². The Morgan fingerprint density at radius 3 is 2.47 bits per heavy atom. The second-order valence-electron chi connectivity index (χ2n) is 6.97. The summed E-state index contributed by atoms with van der Waals surface area (Å²) in [5.74, 6) is 0.238. The second kappa shape index (κ2) is 9.84. The number of morpholine rings is 1. The average molecular weight is 422 g/mol. The lowest BCUT2D eigenvalue weighted by Crippen LogP contribution is -2.37. The van der Waals surface area contributed by atoms with Gasteiger partial charge >= 0.3 is 6.18 Å². The number of anilines is 2. The monoisotopic (exact) mass is 422 g/mol.